The average molecular weight is 396 g/mol. The number of piperidine rings is 1. The topological polar surface area (TPSA) is 78.8 Å². The summed E-state index contributed by atoms with van der Waals surface area (Å²) < 4.78 is 5.51. The fourth-order valence-electron chi connectivity index (χ4n) is 4.37. The number of aliphatic hydroxyl groups is 1. The summed E-state index contributed by atoms with van der Waals surface area (Å²) in [6.45, 7) is 3.91. The zero-order chi connectivity index (χ0) is 20.1. The second-order valence-corrected chi connectivity index (χ2v) is 7.74. The fraction of sp³-hybridized carbons (Fsp3) is 0.500. The molecule has 1 aromatic carbocycles. The molecule has 2 fully saturated rings. The molecule has 1 aromatic heterocycles. The van der Waals surface area contributed by atoms with E-state index in [0.29, 0.717) is 45.6 Å². The van der Waals surface area contributed by atoms with Crippen molar-refractivity contribution in [2.75, 3.05) is 39.4 Å². The van der Waals surface area contributed by atoms with E-state index in [1.807, 2.05) is 35.2 Å². The number of likely N-dealkylation sites (tertiary alicyclic amines) is 1. The molecule has 4 rings (SSSR count). The average Bonchev–Trinajstić information content (AvgIpc) is 2.79. The molecule has 0 aliphatic carbocycles. The highest BCUT2D eigenvalue weighted by atomic mass is 16.5. The van der Waals surface area contributed by atoms with Crippen LogP contribution in [0.15, 0.2) is 48.9 Å². The summed E-state index contributed by atoms with van der Waals surface area (Å²) >= 11 is 0. The smallest absolute Gasteiger partial charge is 0.223 e. The summed E-state index contributed by atoms with van der Waals surface area (Å²) in [7, 11) is 0. The molecule has 0 saturated carbocycles. The minimum Gasteiger partial charge on any atom is -0.383 e. The van der Waals surface area contributed by atoms with Crippen LogP contribution in [0.2, 0.25) is 0 Å². The van der Waals surface area contributed by atoms with Gasteiger partial charge in [0.1, 0.15) is 5.60 Å². The molecule has 0 unspecified atom stereocenters. The Morgan fingerprint density at radius 2 is 1.97 bits per heavy atom. The fourth-order valence-corrected chi connectivity index (χ4v) is 4.37. The monoisotopic (exact) mass is 396 g/mol. The predicted molar refractivity (Wildman–Crippen MR) is 108 cm³/mol. The van der Waals surface area contributed by atoms with E-state index >= 15 is 0 Å². The van der Waals surface area contributed by atoms with Gasteiger partial charge in [-0.25, -0.2) is 0 Å². The molecule has 0 bridgehead atoms. The number of rotatable bonds is 5. The molecule has 2 aliphatic rings. The van der Waals surface area contributed by atoms with E-state index in [9.17, 15) is 9.90 Å². The second kappa shape index (κ2) is 8.98. The zero-order valence-corrected chi connectivity index (χ0v) is 16.6. The van der Waals surface area contributed by atoms with Crippen LogP contribution in [0.1, 0.15) is 24.1 Å². The largest absolute Gasteiger partial charge is 0.383 e. The molecule has 3 heterocycles. The number of ether oxygens (including phenoxy) is 1. The van der Waals surface area contributed by atoms with Gasteiger partial charge < -0.3 is 14.7 Å². The van der Waals surface area contributed by atoms with E-state index < -0.39 is 5.60 Å². The highest BCUT2D eigenvalue weighted by Crippen LogP contribution is 2.36. The normalized spacial score (nSPS) is 25.7. The van der Waals surface area contributed by atoms with Crippen LogP contribution in [-0.4, -0.2) is 76.2 Å². The van der Waals surface area contributed by atoms with Gasteiger partial charge in [-0.05, 0) is 18.4 Å². The van der Waals surface area contributed by atoms with E-state index in [1.54, 1.807) is 18.6 Å². The van der Waals surface area contributed by atoms with E-state index in [0.717, 1.165) is 24.3 Å². The number of benzene rings is 1. The third kappa shape index (κ3) is 4.47. The van der Waals surface area contributed by atoms with Crippen molar-refractivity contribution in [1.29, 1.82) is 0 Å². The molecule has 7 heteroatoms. The lowest BCUT2D eigenvalue weighted by molar-refractivity contribution is -0.147. The van der Waals surface area contributed by atoms with Crippen LogP contribution in [-0.2, 0) is 21.6 Å². The molecule has 2 saturated heterocycles. The maximum Gasteiger partial charge on any atom is 0.223 e. The second-order valence-electron chi connectivity index (χ2n) is 7.74. The molecule has 7 nitrogen and oxygen atoms in total. The van der Waals surface area contributed by atoms with Crippen molar-refractivity contribution in [3.63, 3.8) is 0 Å². The minimum atomic E-state index is -0.972. The number of aromatic nitrogens is 2. The molecule has 0 spiro atoms. The van der Waals surface area contributed by atoms with Gasteiger partial charge in [-0.1, -0.05) is 30.3 Å². The number of hydrogen-bond donors (Lipinski definition) is 1. The Hall–Kier alpha value is -2.35. The lowest BCUT2D eigenvalue weighted by atomic mass is 9.79. The molecule has 2 atom stereocenters. The number of carbonyl (C=O) groups is 1. The van der Waals surface area contributed by atoms with Crippen LogP contribution in [0, 0.1) is 0 Å². The van der Waals surface area contributed by atoms with Gasteiger partial charge in [0.15, 0.2) is 0 Å². The lowest BCUT2D eigenvalue weighted by Gasteiger charge is -2.50. The van der Waals surface area contributed by atoms with Crippen molar-refractivity contribution >= 4 is 5.91 Å². The third-order valence-electron chi connectivity index (χ3n) is 6.03. The Morgan fingerprint density at radius 1 is 1.17 bits per heavy atom. The Balaban J connectivity index is 1.49. The molecular weight excluding hydrogens is 368 g/mol. The Labute approximate surface area is 171 Å². The molecule has 29 heavy (non-hydrogen) atoms. The molecule has 1 amide bonds. The number of morpholine rings is 1. The van der Waals surface area contributed by atoms with E-state index in [2.05, 4.69) is 14.9 Å². The van der Waals surface area contributed by atoms with Crippen LogP contribution in [0.4, 0.5) is 0 Å². The summed E-state index contributed by atoms with van der Waals surface area (Å²) in [5, 5.41) is 11.7. The summed E-state index contributed by atoms with van der Waals surface area (Å²) in [4.78, 5) is 25.4. The van der Waals surface area contributed by atoms with Gasteiger partial charge in [-0.15, -0.1) is 0 Å². The summed E-state index contributed by atoms with van der Waals surface area (Å²) in [5.41, 5.74) is 0.770. The van der Waals surface area contributed by atoms with Crippen molar-refractivity contribution in [3.05, 3.63) is 60.2 Å². The SMILES string of the molecule is O=C(CCc1cnccn1)N1CC[C@](O)(c2ccccc2)[C@H](N2CCOCC2)C1. The van der Waals surface area contributed by atoms with E-state index in [1.165, 1.54) is 0 Å². The molecule has 154 valence electrons. The van der Waals surface area contributed by atoms with Gasteiger partial charge >= 0.3 is 0 Å². The zero-order valence-electron chi connectivity index (χ0n) is 16.6. The van der Waals surface area contributed by atoms with Gasteiger partial charge in [-0.3, -0.25) is 19.7 Å². The Bertz CT molecular complexity index is 798. The van der Waals surface area contributed by atoms with Crippen molar-refractivity contribution in [1.82, 2.24) is 19.8 Å². The maximum absolute atomic E-state index is 12.9. The summed E-state index contributed by atoms with van der Waals surface area (Å²) in [6, 6.07) is 9.70. The van der Waals surface area contributed by atoms with E-state index in [4.69, 9.17) is 4.74 Å². The van der Waals surface area contributed by atoms with Gasteiger partial charge in [0.25, 0.3) is 0 Å². The molecule has 1 N–H and O–H groups in total. The van der Waals surface area contributed by atoms with Crippen molar-refractivity contribution in [2.24, 2.45) is 0 Å². The molecule has 2 aliphatic heterocycles. The van der Waals surface area contributed by atoms with Crippen LogP contribution < -0.4 is 0 Å². The van der Waals surface area contributed by atoms with E-state index in [-0.39, 0.29) is 11.9 Å². The quantitative estimate of drug-likeness (QED) is 0.819. The number of amides is 1. The lowest BCUT2D eigenvalue weighted by Crippen LogP contribution is -2.63. The van der Waals surface area contributed by atoms with Gasteiger partial charge in [0, 0.05) is 51.2 Å². The van der Waals surface area contributed by atoms with Crippen molar-refractivity contribution < 1.29 is 14.6 Å². The Kier molecular flexibility index (Phi) is 6.18. The first kappa shape index (κ1) is 19.9. The number of aryl methyl sites for hydroxylation is 1. The van der Waals surface area contributed by atoms with Crippen LogP contribution in [0.3, 0.4) is 0 Å². The number of carbonyl (C=O) groups excluding carboxylic acids is 1. The van der Waals surface area contributed by atoms with Crippen molar-refractivity contribution in [3.8, 4) is 0 Å². The van der Waals surface area contributed by atoms with Gasteiger partial charge in [0.2, 0.25) is 5.91 Å². The molecular formula is C22H28N4O3. The summed E-state index contributed by atoms with van der Waals surface area (Å²) in [6.07, 6.45) is 6.49. The predicted octanol–water partition coefficient (Wildman–Crippen LogP) is 1.23. The first-order valence-corrected chi connectivity index (χ1v) is 10.3. The third-order valence-corrected chi connectivity index (χ3v) is 6.03. The Morgan fingerprint density at radius 3 is 2.69 bits per heavy atom. The number of hydrogen-bond acceptors (Lipinski definition) is 6. The van der Waals surface area contributed by atoms with Crippen LogP contribution in [0.5, 0.6) is 0 Å². The van der Waals surface area contributed by atoms with Crippen LogP contribution in [0.25, 0.3) is 0 Å². The molecule has 2 aromatic rings. The highest BCUT2D eigenvalue weighted by Gasteiger charge is 2.46. The van der Waals surface area contributed by atoms with Gasteiger partial charge in [-0.2, -0.15) is 0 Å². The standard InChI is InChI=1S/C22H28N4O3/c27-21(7-6-19-16-23-9-10-24-19)26-11-8-22(28,18-4-2-1-3-5-18)20(17-26)25-12-14-29-15-13-25/h1-5,9-10,16,20,28H,6-8,11-15,17H2/t20-,22+/m1/s1. The summed E-state index contributed by atoms with van der Waals surface area (Å²) in [5.74, 6) is 0.101. The highest BCUT2D eigenvalue weighted by molar-refractivity contribution is 5.76. The van der Waals surface area contributed by atoms with Crippen LogP contribution >= 0.6 is 0 Å². The first-order chi connectivity index (χ1) is 14.2. The first-order valence-electron chi connectivity index (χ1n) is 10.3. The maximum atomic E-state index is 12.9. The number of nitrogens with zero attached hydrogens (tertiary/aromatic N) is 4. The van der Waals surface area contributed by atoms with Gasteiger partial charge in [0.05, 0.1) is 24.9 Å². The minimum absolute atomic E-state index is 0.101. The molecule has 0 radical (unpaired) electrons. The van der Waals surface area contributed by atoms with Crippen molar-refractivity contribution in [2.45, 2.75) is 30.9 Å².